The van der Waals surface area contributed by atoms with Crippen molar-refractivity contribution >= 4 is 23.2 Å². The van der Waals surface area contributed by atoms with Crippen molar-refractivity contribution in [3.8, 4) is 0 Å². The van der Waals surface area contributed by atoms with Gasteiger partial charge in [-0.2, -0.15) is 0 Å². The molecule has 3 atom stereocenters. The van der Waals surface area contributed by atoms with E-state index in [-0.39, 0.29) is 0 Å². The van der Waals surface area contributed by atoms with Crippen molar-refractivity contribution in [2.45, 2.75) is 50.9 Å². The van der Waals surface area contributed by atoms with Crippen LogP contribution in [-0.4, -0.2) is 74.9 Å². The number of ether oxygens (including phenoxy) is 1. The van der Waals surface area contributed by atoms with Gasteiger partial charge in [0.25, 0.3) is 0 Å². The fraction of sp³-hybridized carbons (Fsp3) is 0.682. The third-order valence-electron chi connectivity index (χ3n) is 6.22. The molecular formula is C22H34ClN5O. The molecule has 3 fully saturated rings. The third-order valence-corrected chi connectivity index (χ3v) is 6.46. The maximum absolute atomic E-state index is 6.13. The summed E-state index contributed by atoms with van der Waals surface area (Å²) in [6.45, 7) is 9.26. The van der Waals surface area contributed by atoms with E-state index >= 15 is 0 Å². The summed E-state index contributed by atoms with van der Waals surface area (Å²) in [5, 5.41) is 7.80. The molecule has 0 amide bonds. The van der Waals surface area contributed by atoms with Crippen molar-refractivity contribution in [1.82, 2.24) is 15.5 Å². The van der Waals surface area contributed by atoms with Gasteiger partial charge in [0.1, 0.15) is 0 Å². The molecule has 3 unspecified atom stereocenters. The van der Waals surface area contributed by atoms with E-state index in [0.717, 1.165) is 69.6 Å². The Morgan fingerprint density at radius 1 is 1.24 bits per heavy atom. The summed E-state index contributed by atoms with van der Waals surface area (Å²) in [6.07, 6.45) is 5.45. The average Bonchev–Trinajstić information content (AvgIpc) is 3.35. The number of nitrogens with zero attached hydrogens (tertiary/aromatic N) is 3. The Bertz CT molecular complexity index is 692. The van der Waals surface area contributed by atoms with Crippen LogP contribution in [0.15, 0.2) is 29.3 Å². The first-order valence-electron chi connectivity index (χ1n) is 11.1. The van der Waals surface area contributed by atoms with Crippen molar-refractivity contribution in [1.29, 1.82) is 0 Å². The average molecular weight is 420 g/mol. The van der Waals surface area contributed by atoms with Gasteiger partial charge in [0.2, 0.25) is 0 Å². The zero-order chi connectivity index (χ0) is 20.1. The van der Waals surface area contributed by atoms with Gasteiger partial charge in [0.05, 0.1) is 18.2 Å². The third kappa shape index (κ3) is 5.56. The number of piperazine rings is 1. The molecule has 3 aliphatic heterocycles. The molecule has 1 aromatic carbocycles. The van der Waals surface area contributed by atoms with E-state index in [1.165, 1.54) is 18.5 Å². The number of benzene rings is 1. The van der Waals surface area contributed by atoms with E-state index in [1.54, 1.807) is 0 Å². The summed E-state index contributed by atoms with van der Waals surface area (Å²) >= 11 is 6.13. The van der Waals surface area contributed by atoms with Gasteiger partial charge in [-0.05, 0) is 50.8 Å². The van der Waals surface area contributed by atoms with E-state index in [1.807, 2.05) is 12.1 Å². The number of guanidine groups is 1. The van der Waals surface area contributed by atoms with Crippen LogP contribution >= 0.6 is 11.6 Å². The highest BCUT2D eigenvalue weighted by Gasteiger charge is 2.41. The van der Waals surface area contributed by atoms with Crippen LogP contribution in [0.25, 0.3) is 0 Å². The second-order valence-electron chi connectivity index (χ2n) is 8.28. The van der Waals surface area contributed by atoms with Crippen LogP contribution in [0, 0.1) is 0 Å². The minimum absolute atomic E-state index is 0.375. The van der Waals surface area contributed by atoms with E-state index in [0.29, 0.717) is 18.2 Å². The summed E-state index contributed by atoms with van der Waals surface area (Å²) in [7, 11) is 0. The highest BCUT2D eigenvalue weighted by atomic mass is 35.5. The minimum atomic E-state index is 0.375. The predicted octanol–water partition coefficient (Wildman–Crippen LogP) is 2.73. The Kier molecular flexibility index (Phi) is 7.16. The summed E-state index contributed by atoms with van der Waals surface area (Å²) in [4.78, 5) is 9.77. The zero-order valence-electron chi connectivity index (χ0n) is 17.4. The van der Waals surface area contributed by atoms with Gasteiger partial charge < -0.3 is 20.3 Å². The topological polar surface area (TPSA) is 52.1 Å². The van der Waals surface area contributed by atoms with E-state index in [2.05, 4.69) is 39.5 Å². The van der Waals surface area contributed by atoms with Crippen LogP contribution in [0.4, 0.5) is 5.69 Å². The molecule has 160 valence electrons. The maximum atomic E-state index is 6.13. The van der Waals surface area contributed by atoms with Gasteiger partial charge in [-0.1, -0.05) is 17.7 Å². The molecule has 2 N–H and O–H groups in total. The molecule has 0 aliphatic carbocycles. The summed E-state index contributed by atoms with van der Waals surface area (Å²) < 4.78 is 5.95. The maximum Gasteiger partial charge on any atom is 0.191 e. The van der Waals surface area contributed by atoms with Crippen molar-refractivity contribution in [3.05, 3.63) is 29.3 Å². The second-order valence-corrected chi connectivity index (χ2v) is 8.72. The molecule has 7 heteroatoms. The van der Waals surface area contributed by atoms with Gasteiger partial charge in [0.15, 0.2) is 5.96 Å². The number of nitrogens with one attached hydrogen (secondary N) is 2. The van der Waals surface area contributed by atoms with Crippen molar-refractivity contribution in [3.63, 3.8) is 0 Å². The van der Waals surface area contributed by atoms with E-state index in [9.17, 15) is 0 Å². The SMILES string of the molecule is CCNC(=NCCCN1CCN(c2cccc(Cl)c2)CC1)NC1CC2CCC1O2. The standard InChI is InChI=1S/C22H34ClN5O/c1-2-24-22(26-20-16-19-7-8-21(20)29-19)25-9-4-10-27-11-13-28(14-12-27)18-6-3-5-17(23)15-18/h3,5-6,15,19-21H,2,4,7-14,16H2,1H3,(H2,24,25,26). The van der Waals surface area contributed by atoms with Crippen molar-refractivity contribution in [2.75, 3.05) is 50.7 Å². The lowest BCUT2D eigenvalue weighted by Crippen LogP contribution is -2.47. The lowest BCUT2D eigenvalue weighted by Gasteiger charge is -2.36. The molecule has 6 nitrogen and oxygen atoms in total. The first kappa shape index (κ1) is 20.8. The number of hydrogen-bond donors (Lipinski definition) is 2. The quantitative estimate of drug-likeness (QED) is 0.404. The van der Waals surface area contributed by atoms with Crippen LogP contribution in [0.3, 0.4) is 0 Å². The molecule has 0 saturated carbocycles. The number of aliphatic imine (C=N–C) groups is 1. The molecule has 1 aromatic rings. The molecule has 0 aromatic heterocycles. The van der Waals surface area contributed by atoms with Crippen LogP contribution in [0.5, 0.6) is 0 Å². The van der Waals surface area contributed by atoms with Gasteiger partial charge in [0, 0.05) is 56.5 Å². The van der Waals surface area contributed by atoms with Gasteiger partial charge >= 0.3 is 0 Å². The first-order chi connectivity index (χ1) is 14.2. The fourth-order valence-corrected chi connectivity index (χ4v) is 4.86. The second kappa shape index (κ2) is 10.0. The molecule has 3 aliphatic rings. The highest BCUT2D eigenvalue weighted by molar-refractivity contribution is 6.30. The molecule has 2 bridgehead atoms. The van der Waals surface area contributed by atoms with Gasteiger partial charge in [-0.3, -0.25) is 9.89 Å². The molecule has 3 heterocycles. The van der Waals surface area contributed by atoms with Crippen LogP contribution < -0.4 is 15.5 Å². The summed E-state index contributed by atoms with van der Waals surface area (Å²) in [5.74, 6) is 0.944. The lowest BCUT2D eigenvalue weighted by molar-refractivity contribution is 0.0992. The van der Waals surface area contributed by atoms with Gasteiger partial charge in [-0.25, -0.2) is 0 Å². The van der Waals surface area contributed by atoms with Crippen LogP contribution in [0.1, 0.15) is 32.6 Å². The number of fused-ring (bicyclic) bond motifs is 2. The number of hydrogen-bond acceptors (Lipinski definition) is 4. The highest BCUT2D eigenvalue weighted by Crippen LogP contribution is 2.34. The van der Waals surface area contributed by atoms with Crippen LogP contribution in [0.2, 0.25) is 5.02 Å². The Morgan fingerprint density at radius 3 is 2.79 bits per heavy atom. The predicted molar refractivity (Wildman–Crippen MR) is 120 cm³/mol. The van der Waals surface area contributed by atoms with Gasteiger partial charge in [-0.15, -0.1) is 0 Å². The Balaban J connectivity index is 1.17. The number of anilines is 1. The molecular weight excluding hydrogens is 386 g/mol. The monoisotopic (exact) mass is 419 g/mol. The molecule has 29 heavy (non-hydrogen) atoms. The smallest absolute Gasteiger partial charge is 0.191 e. The van der Waals surface area contributed by atoms with Crippen molar-refractivity contribution < 1.29 is 4.74 Å². The number of halogens is 1. The Labute approximate surface area is 179 Å². The van der Waals surface area contributed by atoms with Crippen LogP contribution in [-0.2, 0) is 4.74 Å². The summed E-state index contributed by atoms with van der Waals surface area (Å²) in [6, 6.07) is 8.59. The first-order valence-corrected chi connectivity index (χ1v) is 11.5. The fourth-order valence-electron chi connectivity index (χ4n) is 4.67. The van der Waals surface area contributed by atoms with E-state index in [4.69, 9.17) is 21.3 Å². The largest absolute Gasteiger partial charge is 0.373 e. The summed E-state index contributed by atoms with van der Waals surface area (Å²) in [5.41, 5.74) is 1.23. The normalized spacial score (nSPS) is 27.4. The minimum Gasteiger partial charge on any atom is -0.373 e. The van der Waals surface area contributed by atoms with E-state index < -0.39 is 0 Å². The number of rotatable bonds is 7. The van der Waals surface area contributed by atoms with Crippen molar-refractivity contribution in [2.24, 2.45) is 4.99 Å². The molecule has 4 rings (SSSR count). The lowest BCUT2D eigenvalue weighted by atomic mass is 9.96. The Hall–Kier alpha value is -1.50. The Morgan fingerprint density at radius 2 is 2.10 bits per heavy atom. The molecule has 0 spiro atoms. The zero-order valence-corrected chi connectivity index (χ0v) is 18.2. The molecule has 0 radical (unpaired) electrons. The molecule has 3 saturated heterocycles.